The Morgan fingerprint density at radius 2 is 1.79 bits per heavy atom. The normalized spacial score (nSPS) is 11.1. The summed E-state index contributed by atoms with van der Waals surface area (Å²) in [6.45, 7) is 4.02. The minimum atomic E-state index is -0.534. The second-order valence-electron chi connectivity index (χ2n) is 7.73. The van der Waals surface area contributed by atoms with Crippen LogP contribution in [0, 0.1) is 12.7 Å². The Balaban J connectivity index is 1.80. The van der Waals surface area contributed by atoms with Gasteiger partial charge in [-0.15, -0.1) is 0 Å². The first-order valence-electron chi connectivity index (χ1n) is 11.0. The minimum absolute atomic E-state index is 0.0909. The zero-order valence-electron chi connectivity index (χ0n) is 19.3. The number of rotatable bonds is 7. The molecular weight excluding hydrogens is 431 g/mol. The van der Waals surface area contributed by atoms with Gasteiger partial charge in [-0.3, -0.25) is 0 Å². The second-order valence-corrected chi connectivity index (χ2v) is 7.73. The van der Waals surface area contributed by atoms with E-state index in [2.05, 4.69) is 6.07 Å². The lowest BCUT2D eigenvalue weighted by atomic mass is 9.94. The van der Waals surface area contributed by atoms with Gasteiger partial charge in [0, 0.05) is 17.0 Å². The summed E-state index contributed by atoms with van der Waals surface area (Å²) >= 11 is 0. The van der Waals surface area contributed by atoms with Crippen LogP contribution < -0.4 is 9.47 Å². The van der Waals surface area contributed by atoms with E-state index in [9.17, 15) is 4.79 Å². The number of aryl methyl sites for hydroxylation is 1. The first-order valence-corrected chi connectivity index (χ1v) is 11.0. The number of hydrogen-bond acceptors (Lipinski definition) is 4. The maximum Gasteiger partial charge on any atom is 0.330 e. The third kappa shape index (κ3) is 4.94. The molecule has 0 radical (unpaired) electrons. The lowest BCUT2D eigenvalue weighted by Crippen LogP contribution is -1.98. The summed E-state index contributed by atoms with van der Waals surface area (Å²) in [7, 11) is 1.62. The van der Waals surface area contributed by atoms with Gasteiger partial charge in [-0.1, -0.05) is 42.5 Å². The Kier molecular flexibility index (Phi) is 6.93. The first-order chi connectivity index (χ1) is 16.5. The van der Waals surface area contributed by atoms with Crippen LogP contribution in [0.1, 0.15) is 18.1 Å². The molecule has 0 atom stereocenters. The highest BCUT2D eigenvalue weighted by atomic mass is 19.1. The molecule has 0 aliphatic rings. The van der Waals surface area contributed by atoms with Crippen LogP contribution in [0.15, 0.2) is 78.9 Å². The molecule has 0 N–H and O–H groups in total. The highest BCUT2D eigenvalue weighted by Crippen LogP contribution is 2.43. The Bertz CT molecular complexity index is 1360. The van der Waals surface area contributed by atoms with E-state index in [4.69, 9.17) is 14.2 Å². The number of hydrogen-bond donors (Lipinski definition) is 0. The summed E-state index contributed by atoms with van der Waals surface area (Å²) in [5, 5.41) is 1.77. The second kappa shape index (κ2) is 10.2. The smallest absolute Gasteiger partial charge is 0.330 e. The van der Waals surface area contributed by atoms with Crippen molar-refractivity contribution in [3.05, 3.63) is 95.8 Å². The van der Waals surface area contributed by atoms with Gasteiger partial charge in [-0.25, -0.2) is 9.18 Å². The van der Waals surface area contributed by atoms with Crippen molar-refractivity contribution in [2.24, 2.45) is 0 Å². The van der Waals surface area contributed by atoms with Crippen LogP contribution in [0.5, 0.6) is 17.2 Å². The summed E-state index contributed by atoms with van der Waals surface area (Å²) in [5.74, 6) is 0.380. The molecule has 0 saturated heterocycles. The van der Waals surface area contributed by atoms with Gasteiger partial charge >= 0.3 is 5.97 Å². The maximum atomic E-state index is 15.1. The molecule has 0 spiro atoms. The van der Waals surface area contributed by atoms with E-state index < -0.39 is 11.8 Å². The van der Waals surface area contributed by atoms with Crippen LogP contribution in [0.3, 0.4) is 0 Å². The molecule has 4 aromatic rings. The van der Waals surface area contributed by atoms with Crippen LogP contribution in [0.2, 0.25) is 0 Å². The lowest BCUT2D eigenvalue weighted by molar-refractivity contribution is -0.137. The largest absolute Gasteiger partial charge is 0.497 e. The van der Waals surface area contributed by atoms with Crippen molar-refractivity contribution in [1.82, 2.24) is 0 Å². The van der Waals surface area contributed by atoms with Crippen molar-refractivity contribution < 1.29 is 23.4 Å². The van der Waals surface area contributed by atoms with Gasteiger partial charge in [-0.2, -0.15) is 0 Å². The molecule has 0 fully saturated rings. The molecule has 0 heterocycles. The SMILES string of the molecule is CCOC(=O)C=Cc1ccc(Oc2c(-c3ccccc3)c(C)cc3cc(OC)ccc23)c(F)c1. The van der Waals surface area contributed by atoms with E-state index in [-0.39, 0.29) is 12.4 Å². The van der Waals surface area contributed by atoms with E-state index in [1.165, 1.54) is 18.2 Å². The van der Waals surface area contributed by atoms with Crippen LogP contribution >= 0.6 is 0 Å². The van der Waals surface area contributed by atoms with Crippen molar-refractivity contribution in [3.8, 4) is 28.4 Å². The number of fused-ring (bicyclic) bond motifs is 1. The lowest BCUT2D eigenvalue weighted by Gasteiger charge is -2.18. The molecule has 5 heteroatoms. The molecule has 0 amide bonds. The molecule has 0 unspecified atom stereocenters. The molecule has 0 aliphatic heterocycles. The van der Waals surface area contributed by atoms with Crippen LogP contribution in [0.4, 0.5) is 4.39 Å². The molecule has 0 aliphatic carbocycles. The highest BCUT2D eigenvalue weighted by molar-refractivity contribution is 5.97. The van der Waals surface area contributed by atoms with Gasteiger partial charge in [0.05, 0.1) is 13.7 Å². The number of methoxy groups -OCH3 is 1. The number of esters is 1. The number of halogens is 1. The van der Waals surface area contributed by atoms with Gasteiger partial charge in [0.25, 0.3) is 0 Å². The summed E-state index contributed by atoms with van der Waals surface area (Å²) in [6.07, 6.45) is 2.78. The molecular formula is C29H25FO4. The molecule has 0 bridgehead atoms. The van der Waals surface area contributed by atoms with Crippen molar-refractivity contribution in [2.75, 3.05) is 13.7 Å². The zero-order valence-corrected chi connectivity index (χ0v) is 19.3. The predicted octanol–water partition coefficient (Wildman–Crippen LogP) is 7.33. The zero-order chi connectivity index (χ0) is 24.1. The quantitative estimate of drug-likeness (QED) is 0.216. The third-order valence-corrected chi connectivity index (χ3v) is 5.43. The summed E-state index contributed by atoms with van der Waals surface area (Å²) < 4.78 is 31.6. The number of benzene rings is 4. The summed E-state index contributed by atoms with van der Waals surface area (Å²) in [6, 6.07) is 22.3. The average molecular weight is 457 g/mol. The number of carbonyl (C=O) groups excluding carboxylic acids is 1. The fraction of sp³-hybridized carbons (Fsp3) is 0.138. The number of ether oxygens (including phenoxy) is 3. The molecule has 0 saturated carbocycles. The van der Waals surface area contributed by atoms with Gasteiger partial charge in [0.15, 0.2) is 11.6 Å². The molecule has 4 rings (SSSR count). The van der Waals surface area contributed by atoms with E-state index >= 15 is 4.39 Å². The van der Waals surface area contributed by atoms with Crippen LogP contribution in [-0.2, 0) is 9.53 Å². The topological polar surface area (TPSA) is 44.8 Å². The van der Waals surface area contributed by atoms with Crippen molar-refractivity contribution in [2.45, 2.75) is 13.8 Å². The van der Waals surface area contributed by atoms with Crippen LogP contribution in [-0.4, -0.2) is 19.7 Å². The van der Waals surface area contributed by atoms with E-state index in [0.29, 0.717) is 11.3 Å². The fourth-order valence-corrected chi connectivity index (χ4v) is 3.85. The summed E-state index contributed by atoms with van der Waals surface area (Å²) in [4.78, 5) is 11.5. The first kappa shape index (κ1) is 23.1. The van der Waals surface area contributed by atoms with Gasteiger partial charge in [0.2, 0.25) is 0 Å². The maximum absolute atomic E-state index is 15.1. The molecule has 172 valence electrons. The van der Waals surface area contributed by atoms with Gasteiger partial charge in [-0.05, 0) is 72.3 Å². The van der Waals surface area contributed by atoms with Gasteiger partial charge < -0.3 is 14.2 Å². The summed E-state index contributed by atoms with van der Waals surface area (Å²) in [5.41, 5.74) is 3.39. The number of carbonyl (C=O) groups is 1. The standard InChI is InChI=1S/C29H25FO4/c1-4-33-27(31)15-11-20-10-14-26(25(30)17-20)34-29-24-13-12-23(32-3)18-22(24)16-19(2)28(29)21-8-6-5-7-9-21/h5-18H,4H2,1-3H3. The highest BCUT2D eigenvalue weighted by Gasteiger charge is 2.17. The van der Waals surface area contributed by atoms with Crippen LogP contribution in [0.25, 0.3) is 28.0 Å². The Hall–Kier alpha value is -4.12. The monoisotopic (exact) mass is 456 g/mol. The van der Waals surface area contributed by atoms with E-state index in [1.807, 2.05) is 55.5 Å². The van der Waals surface area contributed by atoms with Crippen molar-refractivity contribution >= 4 is 22.8 Å². The van der Waals surface area contributed by atoms with E-state index in [1.54, 1.807) is 26.2 Å². The predicted molar refractivity (Wildman–Crippen MR) is 133 cm³/mol. The van der Waals surface area contributed by atoms with Crippen molar-refractivity contribution in [3.63, 3.8) is 0 Å². The van der Waals surface area contributed by atoms with Gasteiger partial charge in [0.1, 0.15) is 11.5 Å². The molecule has 0 aromatic heterocycles. The van der Waals surface area contributed by atoms with Crippen molar-refractivity contribution in [1.29, 1.82) is 0 Å². The Morgan fingerprint density at radius 3 is 2.50 bits per heavy atom. The van der Waals surface area contributed by atoms with E-state index in [0.717, 1.165) is 33.2 Å². The molecule has 4 nitrogen and oxygen atoms in total. The Labute approximate surface area is 198 Å². The third-order valence-electron chi connectivity index (χ3n) is 5.43. The Morgan fingerprint density at radius 1 is 1.00 bits per heavy atom. The fourth-order valence-electron chi connectivity index (χ4n) is 3.85. The molecule has 34 heavy (non-hydrogen) atoms. The molecule has 4 aromatic carbocycles. The average Bonchev–Trinajstić information content (AvgIpc) is 2.84. The minimum Gasteiger partial charge on any atom is -0.497 e.